The predicted molar refractivity (Wildman–Crippen MR) is 89.9 cm³/mol. The van der Waals surface area contributed by atoms with Gasteiger partial charge in [0, 0.05) is 22.3 Å². The molecule has 0 aliphatic rings. The zero-order valence-corrected chi connectivity index (χ0v) is 14.2. The number of aromatic nitrogens is 2. The molecule has 7 heteroatoms. The van der Waals surface area contributed by atoms with Crippen LogP contribution in [-0.2, 0) is 0 Å². The smallest absolute Gasteiger partial charge is 0.287 e. The molecule has 2 N–H and O–H groups in total. The molecule has 0 aliphatic carbocycles. The third-order valence-corrected chi connectivity index (χ3v) is 3.20. The van der Waals surface area contributed by atoms with E-state index in [1.165, 1.54) is 10.7 Å². The standard InChI is InChI=1S/C16H19ClN4O2/c1-10-9-13(22)14(15(23)18-20-16(2,3)4)19-21(10)12-7-5-11(17)6-8-12/h5-9,20H,1-4H3,(H,18,23). The summed E-state index contributed by atoms with van der Waals surface area (Å²) in [5, 5.41) is 4.78. The van der Waals surface area contributed by atoms with Gasteiger partial charge in [-0.25, -0.2) is 10.1 Å². The summed E-state index contributed by atoms with van der Waals surface area (Å²) in [6, 6.07) is 8.35. The van der Waals surface area contributed by atoms with Gasteiger partial charge in [-0.2, -0.15) is 5.10 Å². The fourth-order valence-electron chi connectivity index (χ4n) is 1.85. The highest BCUT2D eigenvalue weighted by molar-refractivity contribution is 6.30. The molecule has 0 saturated carbocycles. The number of nitrogens with zero attached hydrogens (tertiary/aromatic N) is 2. The summed E-state index contributed by atoms with van der Waals surface area (Å²) in [6.45, 7) is 7.42. The van der Waals surface area contributed by atoms with Crippen molar-refractivity contribution in [3.05, 3.63) is 57.0 Å². The Morgan fingerprint density at radius 1 is 1.22 bits per heavy atom. The maximum atomic E-state index is 12.2. The number of carbonyl (C=O) groups excluding carboxylic acids is 1. The van der Waals surface area contributed by atoms with E-state index in [0.717, 1.165) is 0 Å². The Kier molecular flexibility index (Phi) is 4.87. The Morgan fingerprint density at radius 3 is 2.39 bits per heavy atom. The van der Waals surface area contributed by atoms with Gasteiger partial charge in [-0.15, -0.1) is 0 Å². The number of hydrogen-bond acceptors (Lipinski definition) is 4. The van der Waals surface area contributed by atoms with E-state index in [1.54, 1.807) is 31.2 Å². The Labute approximate surface area is 139 Å². The molecule has 0 atom stereocenters. The van der Waals surface area contributed by atoms with Crippen LogP contribution in [0.5, 0.6) is 0 Å². The Balaban J connectivity index is 2.38. The lowest BCUT2D eigenvalue weighted by Crippen LogP contribution is -2.50. The minimum absolute atomic E-state index is 0.178. The second-order valence-corrected chi connectivity index (χ2v) is 6.65. The Bertz CT molecular complexity index is 776. The van der Waals surface area contributed by atoms with Gasteiger partial charge in [-0.1, -0.05) is 11.6 Å². The van der Waals surface area contributed by atoms with Gasteiger partial charge >= 0.3 is 0 Å². The number of benzene rings is 1. The Morgan fingerprint density at radius 2 is 1.83 bits per heavy atom. The summed E-state index contributed by atoms with van der Waals surface area (Å²) in [4.78, 5) is 24.2. The van der Waals surface area contributed by atoms with Crippen molar-refractivity contribution in [2.24, 2.45) is 0 Å². The minimum atomic E-state index is -0.576. The summed E-state index contributed by atoms with van der Waals surface area (Å²) in [5.41, 5.74) is 5.73. The third-order valence-electron chi connectivity index (χ3n) is 2.94. The molecule has 2 aromatic rings. The zero-order valence-electron chi connectivity index (χ0n) is 13.5. The molecule has 0 aliphatic heterocycles. The summed E-state index contributed by atoms with van der Waals surface area (Å²) in [5.74, 6) is -0.576. The van der Waals surface area contributed by atoms with Crippen molar-refractivity contribution >= 4 is 17.5 Å². The van der Waals surface area contributed by atoms with Gasteiger partial charge < -0.3 is 0 Å². The number of nitrogens with one attached hydrogen (secondary N) is 2. The van der Waals surface area contributed by atoms with Crippen molar-refractivity contribution in [1.82, 2.24) is 20.6 Å². The number of rotatable bonds is 3. The van der Waals surface area contributed by atoms with Crippen LogP contribution in [0.25, 0.3) is 5.69 Å². The zero-order chi connectivity index (χ0) is 17.2. The van der Waals surface area contributed by atoms with E-state index in [9.17, 15) is 9.59 Å². The first kappa shape index (κ1) is 17.2. The highest BCUT2D eigenvalue weighted by Crippen LogP contribution is 2.13. The molecule has 122 valence electrons. The molecular formula is C16H19ClN4O2. The first-order chi connectivity index (χ1) is 10.7. The fraction of sp³-hybridized carbons (Fsp3) is 0.312. The first-order valence-electron chi connectivity index (χ1n) is 7.12. The lowest BCUT2D eigenvalue weighted by Gasteiger charge is -2.20. The van der Waals surface area contributed by atoms with Crippen LogP contribution in [0.15, 0.2) is 35.1 Å². The van der Waals surface area contributed by atoms with Crippen molar-refractivity contribution < 1.29 is 4.79 Å². The van der Waals surface area contributed by atoms with E-state index in [2.05, 4.69) is 16.0 Å². The molecule has 1 amide bonds. The molecule has 0 radical (unpaired) electrons. The molecule has 1 aromatic heterocycles. The molecular weight excluding hydrogens is 316 g/mol. The van der Waals surface area contributed by atoms with Crippen LogP contribution in [0.3, 0.4) is 0 Å². The summed E-state index contributed by atoms with van der Waals surface area (Å²) in [7, 11) is 0. The molecule has 0 fully saturated rings. The van der Waals surface area contributed by atoms with Crippen molar-refractivity contribution in [3.8, 4) is 5.69 Å². The molecule has 0 unspecified atom stereocenters. The topological polar surface area (TPSA) is 76.0 Å². The molecule has 1 heterocycles. The number of hydrazine groups is 1. The van der Waals surface area contributed by atoms with E-state index in [0.29, 0.717) is 16.4 Å². The second-order valence-electron chi connectivity index (χ2n) is 6.22. The molecule has 6 nitrogen and oxygen atoms in total. The van der Waals surface area contributed by atoms with Crippen LogP contribution in [0.2, 0.25) is 5.02 Å². The average molecular weight is 335 g/mol. The lowest BCUT2D eigenvalue weighted by molar-refractivity contribution is 0.0906. The second kappa shape index (κ2) is 6.52. The highest BCUT2D eigenvalue weighted by Gasteiger charge is 2.17. The summed E-state index contributed by atoms with van der Waals surface area (Å²) < 4.78 is 1.53. The van der Waals surface area contributed by atoms with Crippen LogP contribution in [-0.4, -0.2) is 21.2 Å². The van der Waals surface area contributed by atoms with E-state index < -0.39 is 11.3 Å². The fourth-order valence-corrected chi connectivity index (χ4v) is 1.98. The third kappa shape index (κ3) is 4.40. The van der Waals surface area contributed by atoms with Gasteiger partial charge in [0.1, 0.15) is 0 Å². The van der Waals surface area contributed by atoms with E-state index >= 15 is 0 Å². The van der Waals surface area contributed by atoms with Crippen LogP contribution >= 0.6 is 11.6 Å². The molecule has 0 saturated heterocycles. The number of halogens is 1. The van der Waals surface area contributed by atoms with Crippen LogP contribution in [0.1, 0.15) is 37.0 Å². The van der Waals surface area contributed by atoms with Crippen LogP contribution in [0, 0.1) is 6.92 Å². The molecule has 0 spiro atoms. The maximum Gasteiger partial charge on any atom is 0.289 e. The van der Waals surface area contributed by atoms with Gasteiger partial charge in [0.05, 0.1) is 5.69 Å². The normalized spacial score (nSPS) is 11.3. The van der Waals surface area contributed by atoms with Gasteiger partial charge in [-0.3, -0.25) is 15.0 Å². The van der Waals surface area contributed by atoms with E-state index in [4.69, 9.17) is 11.6 Å². The van der Waals surface area contributed by atoms with Crippen LogP contribution in [0.4, 0.5) is 0 Å². The van der Waals surface area contributed by atoms with Crippen molar-refractivity contribution in [3.63, 3.8) is 0 Å². The number of hydrogen-bond donors (Lipinski definition) is 2. The van der Waals surface area contributed by atoms with E-state index in [-0.39, 0.29) is 11.2 Å². The minimum Gasteiger partial charge on any atom is -0.287 e. The van der Waals surface area contributed by atoms with Crippen molar-refractivity contribution in [2.45, 2.75) is 33.2 Å². The molecule has 2 rings (SSSR count). The molecule has 0 bridgehead atoms. The number of amides is 1. The number of aryl methyl sites for hydroxylation is 1. The summed E-state index contributed by atoms with van der Waals surface area (Å²) in [6.07, 6.45) is 0. The molecule has 1 aromatic carbocycles. The summed E-state index contributed by atoms with van der Waals surface area (Å²) >= 11 is 5.88. The first-order valence-corrected chi connectivity index (χ1v) is 7.49. The van der Waals surface area contributed by atoms with Gasteiger partial charge in [0.25, 0.3) is 5.91 Å². The lowest BCUT2D eigenvalue weighted by atomic mass is 10.1. The van der Waals surface area contributed by atoms with E-state index in [1.807, 2.05) is 20.8 Å². The average Bonchev–Trinajstić information content (AvgIpc) is 2.45. The van der Waals surface area contributed by atoms with Gasteiger partial charge in [0.2, 0.25) is 5.43 Å². The molecule has 23 heavy (non-hydrogen) atoms. The SMILES string of the molecule is Cc1cc(=O)c(C(=O)NNC(C)(C)C)nn1-c1ccc(Cl)cc1. The number of carbonyl (C=O) groups is 1. The monoisotopic (exact) mass is 334 g/mol. The highest BCUT2D eigenvalue weighted by atomic mass is 35.5. The van der Waals surface area contributed by atoms with Gasteiger partial charge in [-0.05, 0) is 52.0 Å². The largest absolute Gasteiger partial charge is 0.289 e. The van der Waals surface area contributed by atoms with Crippen molar-refractivity contribution in [1.29, 1.82) is 0 Å². The van der Waals surface area contributed by atoms with Crippen LogP contribution < -0.4 is 16.3 Å². The maximum absolute atomic E-state index is 12.2. The van der Waals surface area contributed by atoms with Crippen molar-refractivity contribution in [2.75, 3.05) is 0 Å². The Hall–Kier alpha value is -2.18. The predicted octanol–water partition coefficient (Wildman–Crippen LogP) is 2.23. The van der Waals surface area contributed by atoms with Gasteiger partial charge in [0.15, 0.2) is 5.69 Å². The quantitative estimate of drug-likeness (QED) is 0.844.